The van der Waals surface area contributed by atoms with Crippen LogP contribution in [-0.4, -0.2) is 34.7 Å². The lowest BCUT2D eigenvalue weighted by Gasteiger charge is -2.38. The van der Waals surface area contributed by atoms with Gasteiger partial charge in [0.15, 0.2) is 13.7 Å². The number of piperidine rings is 1. The lowest BCUT2D eigenvalue weighted by molar-refractivity contribution is -0.137. The van der Waals surface area contributed by atoms with Gasteiger partial charge in [-0.3, -0.25) is 19.2 Å². The monoisotopic (exact) mass is 300 g/mol. The maximum Gasteiger partial charge on any atom is 0.270 e. The Morgan fingerprint density at radius 1 is 1.63 bits per heavy atom. The molecule has 7 nitrogen and oxygen atoms in total. The van der Waals surface area contributed by atoms with Crippen LogP contribution in [0.1, 0.15) is 16.1 Å². The third-order valence-electron chi connectivity index (χ3n) is 2.99. The van der Waals surface area contributed by atoms with Crippen LogP contribution in [0.3, 0.4) is 0 Å². The fourth-order valence-electron chi connectivity index (χ4n) is 1.89. The second-order valence-electron chi connectivity index (χ2n) is 4.21. The summed E-state index contributed by atoms with van der Waals surface area (Å²) in [6.45, 7) is 0.253. The second kappa shape index (κ2) is 5.34. The maximum absolute atomic E-state index is 11.9. The number of thiophene rings is 1. The summed E-state index contributed by atoms with van der Waals surface area (Å²) in [5, 5.41) is 3.64. The van der Waals surface area contributed by atoms with Crippen LogP contribution >= 0.6 is 19.8 Å². The van der Waals surface area contributed by atoms with Crippen LogP contribution in [0.25, 0.3) is 0 Å². The molecule has 9 heteroatoms. The van der Waals surface area contributed by atoms with Crippen molar-refractivity contribution < 1.29 is 14.2 Å². The van der Waals surface area contributed by atoms with Gasteiger partial charge in [-0.2, -0.15) is 0 Å². The predicted molar refractivity (Wildman–Crippen MR) is 70.6 cm³/mol. The molecular formula is C10H13N4O3PS. The lowest BCUT2D eigenvalue weighted by atomic mass is 9.99. The van der Waals surface area contributed by atoms with Gasteiger partial charge in [0, 0.05) is 6.54 Å². The highest BCUT2D eigenvalue weighted by atomic mass is 32.1. The van der Waals surface area contributed by atoms with Crippen LogP contribution < -0.4 is 16.9 Å². The summed E-state index contributed by atoms with van der Waals surface area (Å²) in [6.07, 6.45) is 0.352. The molecule has 0 spiro atoms. The number of hydrazine groups is 1. The van der Waals surface area contributed by atoms with Gasteiger partial charge in [-0.05, 0) is 17.9 Å². The molecule has 102 valence electrons. The Hall–Kier alpha value is -1.34. The molecule has 1 fully saturated rings. The Morgan fingerprint density at radius 3 is 2.95 bits per heavy atom. The molecule has 1 saturated heterocycles. The van der Waals surface area contributed by atoms with E-state index in [2.05, 4.69) is 5.32 Å². The van der Waals surface area contributed by atoms with E-state index >= 15 is 0 Å². The third-order valence-corrected chi connectivity index (χ3v) is 4.67. The van der Waals surface area contributed by atoms with E-state index in [0.29, 0.717) is 11.3 Å². The molecule has 5 N–H and O–H groups in total. The number of carbonyl (C=O) groups excluding carboxylic acids is 2. The summed E-state index contributed by atoms with van der Waals surface area (Å²) < 4.78 is 11.2. The average Bonchev–Trinajstić information content (AvgIpc) is 2.93. The van der Waals surface area contributed by atoms with Crippen molar-refractivity contribution in [1.29, 1.82) is 0 Å². The van der Waals surface area contributed by atoms with Gasteiger partial charge in [0.1, 0.15) is 0 Å². The van der Waals surface area contributed by atoms with Crippen molar-refractivity contribution in [2.45, 2.75) is 17.7 Å². The van der Waals surface area contributed by atoms with Gasteiger partial charge in [-0.25, -0.2) is 5.84 Å². The third kappa shape index (κ3) is 2.52. The molecule has 0 saturated carbocycles. The first kappa shape index (κ1) is 14.1. The van der Waals surface area contributed by atoms with Crippen LogP contribution in [0.5, 0.6) is 0 Å². The van der Waals surface area contributed by atoms with Gasteiger partial charge < -0.3 is 11.1 Å². The molecule has 1 unspecified atom stereocenters. The fourth-order valence-corrected chi connectivity index (χ4v) is 3.05. The van der Waals surface area contributed by atoms with E-state index in [9.17, 15) is 14.2 Å². The number of nitrogens with two attached hydrogens (primary N) is 2. The van der Waals surface area contributed by atoms with E-state index in [1.165, 1.54) is 11.3 Å². The zero-order valence-corrected chi connectivity index (χ0v) is 11.6. The summed E-state index contributed by atoms with van der Waals surface area (Å²) in [5.74, 6) is 4.48. The van der Waals surface area contributed by atoms with E-state index in [1.54, 1.807) is 17.5 Å². The van der Waals surface area contributed by atoms with Crippen molar-refractivity contribution in [3.63, 3.8) is 0 Å². The summed E-state index contributed by atoms with van der Waals surface area (Å²) in [4.78, 5) is 24.3. The van der Waals surface area contributed by atoms with Gasteiger partial charge in [-0.1, -0.05) is 6.07 Å². The molecule has 0 radical (unpaired) electrons. The van der Waals surface area contributed by atoms with Gasteiger partial charge in [0.25, 0.3) is 11.8 Å². The van der Waals surface area contributed by atoms with E-state index < -0.39 is 25.7 Å². The number of carbonyl (C=O) groups is 2. The highest BCUT2D eigenvalue weighted by Crippen LogP contribution is 2.29. The van der Waals surface area contributed by atoms with Crippen molar-refractivity contribution in [1.82, 2.24) is 10.3 Å². The molecule has 1 aliphatic rings. The minimum atomic E-state index is -1.71. The van der Waals surface area contributed by atoms with Crippen LogP contribution in [-0.2, 0) is 9.36 Å². The standard InChI is InChI=1S/C10H13N4O3PS/c11-10(18-17)7(3-4-14(12)9(10)16)13-8(15)6-2-1-5-19-6/h1-2,5,7H,3-4,11-12H2,(H,13,15)/t7?,10-/m0/s1. The largest absolute Gasteiger partial charge is 0.345 e. The normalized spacial score (nSPS) is 27.6. The smallest absolute Gasteiger partial charge is 0.270 e. The Morgan fingerprint density at radius 2 is 2.37 bits per heavy atom. The van der Waals surface area contributed by atoms with Crippen molar-refractivity contribution in [3.05, 3.63) is 22.4 Å². The molecule has 0 aliphatic carbocycles. The number of nitrogens with one attached hydrogen (secondary N) is 1. The summed E-state index contributed by atoms with van der Waals surface area (Å²) in [6, 6.07) is 2.69. The molecule has 19 heavy (non-hydrogen) atoms. The topological polar surface area (TPSA) is 119 Å². The Labute approximate surface area is 115 Å². The molecule has 1 aromatic rings. The molecule has 1 aromatic heterocycles. The Bertz CT molecular complexity index is 509. The minimum Gasteiger partial charge on any atom is -0.345 e. The first-order chi connectivity index (χ1) is 8.99. The molecule has 2 rings (SSSR count). The zero-order valence-electron chi connectivity index (χ0n) is 9.91. The van der Waals surface area contributed by atoms with Gasteiger partial charge in [-0.15, -0.1) is 11.3 Å². The number of hydrogen-bond acceptors (Lipinski definition) is 6. The molecule has 0 bridgehead atoms. The first-order valence-corrected chi connectivity index (χ1v) is 7.22. The zero-order chi connectivity index (χ0) is 14.0. The number of nitrogens with zero attached hydrogens (tertiary/aromatic N) is 1. The van der Waals surface area contributed by atoms with Gasteiger partial charge >= 0.3 is 0 Å². The van der Waals surface area contributed by atoms with Crippen LogP contribution in [0.15, 0.2) is 17.5 Å². The van der Waals surface area contributed by atoms with E-state index in [1.807, 2.05) is 0 Å². The molecule has 0 aromatic carbocycles. The Kier molecular flexibility index (Phi) is 3.96. The van der Waals surface area contributed by atoms with Crippen molar-refractivity contribution in [2.24, 2.45) is 11.6 Å². The quantitative estimate of drug-likeness (QED) is 0.409. The fraction of sp³-hybridized carbons (Fsp3) is 0.400. The molecule has 1 aliphatic heterocycles. The molecule has 2 atom stereocenters. The highest BCUT2D eigenvalue weighted by molar-refractivity contribution is 7.27. The first-order valence-electron chi connectivity index (χ1n) is 5.53. The molecule has 2 amide bonds. The second-order valence-corrected chi connectivity index (χ2v) is 6.08. The number of hydrogen-bond donors (Lipinski definition) is 3. The molecule has 2 heterocycles. The van der Waals surface area contributed by atoms with Crippen molar-refractivity contribution in [3.8, 4) is 0 Å². The Balaban J connectivity index is 2.17. The van der Waals surface area contributed by atoms with Gasteiger partial charge in [0.05, 0.1) is 10.9 Å². The summed E-state index contributed by atoms with van der Waals surface area (Å²) in [7, 11) is -0.565. The lowest BCUT2D eigenvalue weighted by Crippen LogP contribution is -2.68. The average molecular weight is 300 g/mol. The SMILES string of the molecule is NN1CCC(NC(=O)c2cccs2)[C@](N)(P=O)C1=O. The van der Waals surface area contributed by atoms with Crippen LogP contribution in [0.2, 0.25) is 0 Å². The highest BCUT2D eigenvalue weighted by Gasteiger charge is 2.49. The van der Waals surface area contributed by atoms with Gasteiger partial charge in [0.2, 0.25) is 0 Å². The maximum atomic E-state index is 11.9. The summed E-state index contributed by atoms with van der Waals surface area (Å²) in [5.41, 5.74) is 5.83. The number of amides is 2. The van der Waals surface area contributed by atoms with Crippen molar-refractivity contribution >= 4 is 31.6 Å². The minimum absolute atomic E-state index is 0.253. The van der Waals surface area contributed by atoms with Crippen LogP contribution in [0.4, 0.5) is 0 Å². The summed E-state index contributed by atoms with van der Waals surface area (Å²) >= 11 is 1.28. The van der Waals surface area contributed by atoms with E-state index in [-0.39, 0.29) is 12.5 Å². The molecular weight excluding hydrogens is 287 g/mol. The van der Waals surface area contributed by atoms with E-state index in [4.69, 9.17) is 11.6 Å². The predicted octanol–water partition coefficient (Wildman–Crippen LogP) is -0.101. The number of rotatable bonds is 3. The van der Waals surface area contributed by atoms with E-state index in [0.717, 1.165) is 5.01 Å². The van der Waals surface area contributed by atoms with Crippen molar-refractivity contribution in [2.75, 3.05) is 6.54 Å². The van der Waals surface area contributed by atoms with Crippen LogP contribution in [0, 0.1) is 0 Å².